The molecule has 0 heterocycles. The second-order valence-electron chi connectivity index (χ2n) is 34.3. The van der Waals surface area contributed by atoms with Gasteiger partial charge in [-0.2, -0.15) is 0 Å². The lowest BCUT2D eigenvalue weighted by Gasteiger charge is -2.17. The van der Waals surface area contributed by atoms with Crippen molar-refractivity contribution in [2.75, 3.05) is 71.1 Å². The SMILES string of the molecule is COCc1cc(-c2ccc(C)c(F)c2)ccc1CP.COCc1cc(-c2ccc(C)cc2F)ccc1CP.COCc1cc(-c2ccc(CP)c(F)c2)cc(COC)c1C.COCc1cc(-c2ccc(CP)cc2F)cc(COC)c1C.COCc1cc(C)cc(COC)c1-c1ccc(CP)c(F)c1.COCc1cc(CP)ccc1-c1ccc(C)c(F)c1.COCc1cc(CP)ccc1-c1ccc(C)cc1F. The van der Waals surface area contributed by atoms with Crippen molar-refractivity contribution in [3.63, 3.8) is 0 Å². The van der Waals surface area contributed by atoms with Crippen LogP contribution in [-0.4, -0.2) is 71.1 Å². The Morgan fingerprint density at radius 2 is 0.458 bits per heavy atom. The highest BCUT2D eigenvalue weighted by Crippen LogP contribution is 2.38. The van der Waals surface area contributed by atoms with Crippen molar-refractivity contribution in [3.05, 3.63) is 411 Å². The number of aryl methyl sites for hydroxylation is 5. The van der Waals surface area contributed by atoms with Gasteiger partial charge in [-0.05, 0) is 360 Å². The Labute approximate surface area is 854 Å². The van der Waals surface area contributed by atoms with E-state index in [0.717, 1.165) is 181 Å². The molecule has 0 spiro atoms. The molecule has 0 aromatic heterocycles. The van der Waals surface area contributed by atoms with E-state index in [1.807, 2.05) is 167 Å². The minimum atomic E-state index is -0.199. The minimum absolute atomic E-state index is 0.166. The molecule has 14 rings (SSSR count). The maximum absolute atomic E-state index is 14.4. The quantitative estimate of drug-likeness (QED) is 0.0287. The Morgan fingerprint density at radius 1 is 0.176 bits per heavy atom. The number of ether oxygens (including phenoxy) is 10. The van der Waals surface area contributed by atoms with Gasteiger partial charge in [0, 0.05) is 87.8 Å². The number of rotatable bonds is 34. The molecule has 0 aliphatic heterocycles. The van der Waals surface area contributed by atoms with Gasteiger partial charge in [0.05, 0.1) is 66.1 Å². The van der Waals surface area contributed by atoms with Crippen molar-refractivity contribution in [1.82, 2.24) is 0 Å². The lowest BCUT2D eigenvalue weighted by molar-refractivity contribution is 0.179. The Hall–Kier alpha value is -8.80. The van der Waals surface area contributed by atoms with Crippen LogP contribution in [0.2, 0.25) is 0 Å². The normalized spacial score (nSPS) is 10.8. The average Bonchev–Trinajstić information content (AvgIpc) is 0.787. The molecule has 0 aliphatic carbocycles. The molecule has 754 valence electrons. The summed E-state index contributed by atoms with van der Waals surface area (Å²) in [7, 11) is 35.2. The summed E-state index contributed by atoms with van der Waals surface area (Å²) in [6.45, 7) is 18.6. The summed E-state index contributed by atoms with van der Waals surface area (Å²) in [6, 6.07) is 74.3. The van der Waals surface area contributed by atoms with E-state index in [1.54, 1.807) is 127 Å². The predicted octanol–water partition coefficient (Wildman–Crippen LogP) is 30.7. The molecule has 7 atom stereocenters. The van der Waals surface area contributed by atoms with Gasteiger partial charge in [-0.15, -0.1) is 64.7 Å². The van der Waals surface area contributed by atoms with Gasteiger partial charge < -0.3 is 47.4 Å². The van der Waals surface area contributed by atoms with Crippen LogP contribution in [0.25, 0.3) is 77.9 Å². The van der Waals surface area contributed by atoms with E-state index in [2.05, 4.69) is 126 Å². The standard InChI is InChI=1S/3C18H22FO2P.4C16H18FOP/c1-12-16(9-20-2)6-15(7-17(12)10-21-3)13-4-5-14(11-22)18(19)8-13;1-12-15(9-20-2)7-14(8-16(12)10-21-3)17-5-4-13(11-22)6-18(17)19;1-12-6-15(9-20-2)18(16(7-12)10-21-3)13-4-5-14(11-22)17(19)8-13;1-11-3-6-15(16(17)7-11)12-4-5-13(10-19)14(8-12)9-18-2;1-11-3-5-13(8-16(11)17)15-6-4-12(10-19)7-14(15)9-18-2;1-11-3-5-15(16(17)7-11)14-6-4-12(10-19)8-13(14)9-18-2;1-11-3-4-13(8-16(11)17)12-5-6-14(10-19)15(7-12)9-18-2/h3*4-8H,9-11,22H2,1-3H3;4*3-8H,9-10,19H2,1-2H3. The molecule has 0 radical (unpaired) electrons. The first kappa shape index (κ1) is 118. The Bertz CT molecular complexity index is 6360. The summed E-state index contributed by atoms with van der Waals surface area (Å²) in [5.74, 6) is -1.25. The van der Waals surface area contributed by atoms with Crippen molar-refractivity contribution in [2.45, 2.75) is 158 Å². The van der Waals surface area contributed by atoms with Crippen LogP contribution in [0.1, 0.15) is 134 Å². The van der Waals surface area contributed by atoms with E-state index < -0.39 is 0 Å². The summed E-state index contributed by atoms with van der Waals surface area (Å²) < 4.78 is 151. The van der Waals surface area contributed by atoms with Crippen molar-refractivity contribution in [1.29, 1.82) is 0 Å². The number of benzene rings is 14. The van der Waals surface area contributed by atoms with Crippen molar-refractivity contribution < 1.29 is 78.1 Å². The van der Waals surface area contributed by atoms with Gasteiger partial charge in [0.2, 0.25) is 0 Å². The molecule has 0 N–H and O–H groups in total. The first-order valence-corrected chi connectivity index (χ1v) is 52.2. The van der Waals surface area contributed by atoms with Gasteiger partial charge in [-0.3, -0.25) is 0 Å². The summed E-state index contributed by atoms with van der Waals surface area (Å²) >= 11 is 0. The molecule has 0 aliphatic rings. The Kier molecular flexibility index (Phi) is 51.4. The van der Waals surface area contributed by atoms with Crippen molar-refractivity contribution in [2.24, 2.45) is 0 Å². The van der Waals surface area contributed by atoms with E-state index in [4.69, 9.17) is 47.4 Å². The zero-order chi connectivity index (χ0) is 104. The maximum atomic E-state index is 14.4. The largest absolute Gasteiger partial charge is 0.380 e. The highest BCUT2D eigenvalue weighted by Gasteiger charge is 2.20. The molecular weight excluding hydrogens is 1930 g/mol. The van der Waals surface area contributed by atoms with Gasteiger partial charge in [0.15, 0.2) is 0 Å². The van der Waals surface area contributed by atoms with E-state index in [-0.39, 0.29) is 40.7 Å². The fourth-order valence-electron chi connectivity index (χ4n) is 16.2. The average molecular weight is 2070 g/mol. The first-order chi connectivity index (χ1) is 68.4. The molecule has 142 heavy (non-hydrogen) atoms. The number of hydrogen-bond acceptors (Lipinski definition) is 10. The third-order valence-corrected chi connectivity index (χ3v) is 27.1. The molecule has 0 saturated heterocycles. The molecule has 7 unspecified atom stereocenters. The van der Waals surface area contributed by atoms with Crippen LogP contribution in [0.15, 0.2) is 237 Å². The van der Waals surface area contributed by atoms with Crippen LogP contribution in [0.4, 0.5) is 30.7 Å². The lowest BCUT2D eigenvalue weighted by Crippen LogP contribution is -2.01. The topological polar surface area (TPSA) is 92.3 Å². The third kappa shape index (κ3) is 34.4. The first-order valence-electron chi connectivity index (χ1n) is 46.5. The second kappa shape index (κ2) is 61.6. The molecule has 0 fully saturated rings. The molecule has 0 amide bonds. The molecule has 14 aromatic rings. The predicted molar refractivity (Wildman–Crippen MR) is 597 cm³/mol. The highest BCUT2D eigenvalue weighted by atomic mass is 31.0. The zero-order valence-corrected chi connectivity index (χ0v) is 92.9. The summed E-state index contributed by atoms with van der Waals surface area (Å²) in [6.07, 6.45) is 5.51. The van der Waals surface area contributed by atoms with Crippen molar-refractivity contribution in [3.8, 4) is 77.9 Å². The molecule has 0 saturated carbocycles. The molecule has 24 heteroatoms. The summed E-state index contributed by atoms with van der Waals surface area (Å²) in [5, 5.41) is 0. The van der Waals surface area contributed by atoms with Crippen LogP contribution in [-0.2, 0) is 157 Å². The van der Waals surface area contributed by atoms with Gasteiger partial charge in [0.25, 0.3) is 0 Å². The van der Waals surface area contributed by atoms with E-state index in [1.165, 1.54) is 22.3 Å². The van der Waals surface area contributed by atoms with Gasteiger partial charge >= 0.3 is 0 Å². The minimum Gasteiger partial charge on any atom is -0.380 e. The van der Waals surface area contributed by atoms with Gasteiger partial charge in [-0.1, -0.05) is 163 Å². The van der Waals surface area contributed by atoms with Gasteiger partial charge in [0.1, 0.15) is 40.7 Å². The Morgan fingerprint density at radius 3 is 0.866 bits per heavy atom. The van der Waals surface area contributed by atoms with Crippen LogP contribution in [0.5, 0.6) is 0 Å². The van der Waals surface area contributed by atoms with E-state index in [0.29, 0.717) is 117 Å². The fraction of sp³-hybridized carbons (Fsp3) is 0.288. The second-order valence-corrected chi connectivity index (χ2v) is 37.2. The summed E-state index contributed by atoms with van der Waals surface area (Å²) in [5.41, 5.74) is 36.8. The number of halogens is 7. The fourth-order valence-corrected chi connectivity index (χ4v) is 18.4. The van der Waals surface area contributed by atoms with Crippen LogP contribution in [0, 0.1) is 89.2 Å². The Balaban J connectivity index is 0.000000203. The lowest BCUT2D eigenvalue weighted by atomic mass is 9.92. The summed E-state index contributed by atoms with van der Waals surface area (Å²) in [4.78, 5) is 0. The van der Waals surface area contributed by atoms with Gasteiger partial charge in [-0.25, -0.2) is 30.7 Å². The number of hydrogen-bond donors (Lipinski definition) is 0. The highest BCUT2D eigenvalue weighted by molar-refractivity contribution is 7.16. The third-order valence-electron chi connectivity index (χ3n) is 23.9. The van der Waals surface area contributed by atoms with Crippen LogP contribution < -0.4 is 0 Å². The molecule has 14 aromatic carbocycles. The van der Waals surface area contributed by atoms with Crippen molar-refractivity contribution >= 4 is 64.7 Å². The molecule has 10 nitrogen and oxygen atoms in total. The van der Waals surface area contributed by atoms with Crippen LogP contribution >= 0.6 is 64.7 Å². The van der Waals surface area contributed by atoms with Crippen LogP contribution in [0.3, 0.4) is 0 Å². The molecule has 0 bridgehead atoms. The monoisotopic (exact) mass is 2060 g/mol. The van der Waals surface area contributed by atoms with E-state index >= 15 is 0 Å². The number of methoxy groups -OCH3 is 10. The zero-order valence-electron chi connectivity index (χ0n) is 84.8. The smallest absolute Gasteiger partial charge is 0.131 e. The van der Waals surface area contributed by atoms with E-state index in [9.17, 15) is 30.7 Å². The molecular formula is C118H138F7O10P7. The maximum Gasteiger partial charge on any atom is 0.131 e.